The van der Waals surface area contributed by atoms with Crippen LogP contribution in [0.1, 0.15) is 18.1 Å². The van der Waals surface area contributed by atoms with Crippen LogP contribution in [-0.4, -0.2) is 46.4 Å². The fraction of sp³-hybridized carbons (Fsp3) is 0.235. The number of esters is 1. The second-order valence-corrected chi connectivity index (χ2v) is 5.30. The largest absolute Gasteiger partial charge is 0.488 e. The monoisotopic (exact) mass is 372 g/mol. The minimum absolute atomic E-state index is 0.0117. The first kappa shape index (κ1) is 20.2. The molecule has 0 atom stereocenters. The Labute approximate surface area is 155 Å². The molecule has 0 aliphatic heterocycles. The van der Waals surface area contributed by atoms with Crippen LogP contribution in [0.2, 0.25) is 0 Å². The molecule has 2 rings (SSSR count). The second kappa shape index (κ2) is 9.54. The van der Waals surface area contributed by atoms with Crippen molar-refractivity contribution in [3.8, 4) is 23.6 Å². The molecule has 140 valence electrons. The third-order valence-electron chi connectivity index (χ3n) is 3.37. The number of hydrogen-bond acceptors (Lipinski definition) is 9. The van der Waals surface area contributed by atoms with Gasteiger partial charge in [0.25, 0.3) is 0 Å². The topological polar surface area (TPSA) is 142 Å². The van der Waals surface area contributed by atoms with Crippen LogP contribution in [0.25, 0.3) is 0 Å². The van der Waals surface area contributed by atoms with Crippen molar-refractivity contribution in [1.29, 1.82) is 5.26 Å². The molecule has 0 bridgehead atoms. The van der Waals surface area contributed by atoms with E-state index in [4.69, 9.17) is 19.5 Å². The molecule has 10 heteroatoms. The maximum Gasteiger partial charge on any atom is 0.488 e. The molecule has 0 saturated heterocycles. The Balaban J connectivity index is 2.16. The summed E-state index contributed by atoms with van der Waals surface area (Å²) in [6, 6.07) is 9.19. The van der Waals surface area contributed by atoms with Gasteiger partial charge in [-0.15, -0.1) is 0 Å². The van der Waals surface area contributed by atoms with Crippen molar-refractivity contribution >= 4 is 18.6 Å². The number of nitrogens with zero attached hydrogens (tertiary/aromatic N) is 2. The average Bonchev–Trinajstić information content (AvgIpc) is 2.65. The van der Waals surface area contributed by atoms with E-state index in [0.29, 0.717) is 5.75 Å². The van der Waals surface area contributed by atoms with Gasteiger partial charge in [0.1, 0.15) is 30.6 Å². The molecule has 9 nitrogen and oxygen atoms in total. The summed E-state index contributed by atoms with van der Waals surface area (Å²) < 4.78 is 15.7. The van der Waals surface area contributed by atoms with Crippen molar-refractivity contribution in [1.82, 2.24) is 4.98 Å². The van der Waals surface area contributed by atoms with E-state index in [1.165, 1.54) is 37.3 Å². The van der Waals surface area contributed by atoms with Crippen molar-refractivity contribution < 1.29 is 34.2 Å². The number of rotatable bonds is 8. The summed E-state index contributed by atoms with van der Waals surface area (Å²) in [6.07, 6.45) is 0. The summed E-state index contributed by atoms with van der Waals surface area (Å²) in [5.41, 5.74) is 0.626. The molecule has 0 fully saturated rings. The molecule has 0 radical (unpaired) electrons. The van der Waals surface area contributed by atoms with Crippen LogP contribution in [0.4, 0.5) is 0 Å². The zero-order chi connectivity index (χ0) is 19.8. The Bertz CT molecular complexity index is 852. The molecule has 0 unspecified atom stereocenters. The zero-order valence-electron chi connectivity index (χ0n) is 14.5. The number of hydrogen-bond donors (Lipinski definition) is 3. The third kappa shape index (κ3) is 5.68. The van der Waals surface area contributed by atoms with Crippen LogP contribution in [-0.2, 0) is 16.1 Å². The van der Waals surface area contributed by atoms with E-state index in [1.54, 1.807) is 0 Å². The third-order valence-corrected chi connectivity index (χ3v) is 3.37. The van der Waals surface area contributed by atoms with Crippen LogP contribution in [0, 0.1) is 11.3 Å². The lowest BCUT2D eigenvalue weighted by atomic mass is 9.77. The molecule has 0 aliphatic carbocycles. The summed E-state index contributed by atoms with van der Waals surface area (Å²) in [4.78, 5) is 14.8. The highest BCUT2D eigenvalue weighted by atomic mass is 16.6. The van der Waals surface area contributed by atoms with Crippen molar-refractivity contribution in [2.75, 3.05) is 13.2 Å². The maximum absolute atomic E-state index is 10.7. The first-order chi connectivity index (χ1) is 12.9. The minimum atomic E-state index is -1.72. The smallest absolute Gasteiger partial charge is 0.473 e. The van der Waals surface area contributed by atoms with Crippen LogP contribution < -0.4 is 14.9 Å². The van der Waals surface area contributed by atoms with Gasteiger partial charge in [-0.3, -0.25) is 4.79 Å². The predicted molar refractivity (Wildman–Crippen MR) is 93.3 cm³/mol. The molecule has 27 heavy (non-hydrogen) atoms. The summed E-state index contributed by atoms with van der Waals surface area (Å²) in [5, 5.41) is 37.0. The first-order valence-corrected chi connectivity index (χ1v) is 7.89. The highest BCUT2D eigenvalue weighted by Crippen LogP contribution is 2.24. The van der Waals surface area contributed by atoms with E-state index in [0.717, 1.165) is 0 Å². The molecular formula is C17H17BN2O7. The first-order valence-electron chi connectivity index (χ1n) is 7.89. The predicted octanol–water partition coefficient (Wildman–Crippen LogP) is -0.140. The van der Waals surface area contributed by atoms with Gasteiger partial charge in [0.15, 0.2) is 0 Å². The Hall–Kier alpha value is -3.13. The van der Waals surface area contributed by atoms with Crippen molar-refractivity contribution in [2.24, 2.45) is 0 Å². The zero-order valence-corrected chi connectivity index (χ0v) is 14.5. The summed E-state index contributed by atoms with van der Waals surface area (Å²) in [6.45, 7) is 0.894. The maximum atomic E-state index is 10.7. The van der Waals surface area contributed by atoms with Gasteiger partial charge in [-0.1, -0.05) is 6.07 Å². The van der Waals surface area contributed by atoms with Crippen LogP contribution in [0.15, 0.2) is 30.3 Å². The SMILES string of the molecule is CC(=O)OCCOc1nc(Oc2ccc(B(O)O)c(CO)c2)ccc1C#N. The molecule has 3 N–H and O–H groups in total. The Morgan fingerprint density at radius 1 is 1.26 bits per heavy atom. The summed E-state index contributed by atoms with van der Waals surface area (Å²) >= 11 is 0. The van der Waals surface area contributed by atoms with Gasteiger partial charge in [0.05, 0.1) is 6.61 Å². The lowest BCUT2D eigenvalue weighted by molar-refractivity contribution is -0.141. The van der Waals surface area contributed by atoms with Crippen LogP contribution in [0.3, 0.4) is 0 Å². The van der Waals surface area contributed by atoms with Gasteiger partial charge in [-0.25, -0.2) is 0 Å². The van der Waals surface area contributed by atoms with E-state index >= 15 is 0 Å². The highest BCUT2D eigenvalue weighted by Gasteiger charge is 2.17. The quantitative estimate of drug-likeness (QED) is 0.328. The van der Waals surface area contributed by atoms with Gasteiger partial charge < -0.3 is 29.4 Å². The number of nitriles is 1. The summed E-state index contributed by atoms with van der Waals surface area (Å²) in [7, 11) is -1.72. The molecular weight excluding hydrogens is 355 g/mol. The molecule has 2 aromatic rings. The number of carbonyl (C=O) groups is 1. The van der Waals surface area contributed by atoms with E-state index in [2.05, 4.69) is 4.98 Å². The normalized spacial score (nSPS) is 10.0. The van der Waals surface area contributed by atoms with E-state index in [-0.39, 0.29) is 41.6 Å². The number of aliphatic hydroxyl groups excluding tert-OH is 1. The second-order valence-electron chi connectivity index (χ2n) is 5.30. The average molecular weight is 372 g/mol. The number of aliphatic hydroxyl groups is 1. The number of ether oxygens (including phenoxy) is 3. The number of benzene rings is 1. The molecule has 0 saturated carbocycles. The minimum Gasteiger partial charge on any atom is -0.473 e. The molecule has 0 aliphatic rings. The highest BCUT2D eigenvalue weighted by molar-refractivity contribution is 6.59. The lowest BCUT2D eigenvalue weighted by Gasteiger charge is -2.12. The molecule has 1 aromatic heterocycles. The van der Waals surface area contributed by atoms with Crippen molar-refractivity contribution in [2.45, 2.75) is 13.5 Å². The molecule has 1 heterocycles. The van der Waals surface area contributed by atoms with E-state index < -0.39 is 19.7 Å². The molecule has 1 aromatic carbocycles. The van der Waals surface area contributed by atoms with E-state index in [9.17, 15) is 19.9 Å². The summed E-state index contributed by atoms with van der Waals surface area (Å²) in [5.74, 6) is -0.00332. The van der Waals surface area contributed by atoms with E-state index in [1.807, 2.05) is 6.07 Å². The molecule has 0 spiro atoms. The van der Waals surface area contributed by atoms with Crippen molar-refractivity contribution in [3.05, 3.63) is 41.5 Å². The van der Waals surface area contributed by atoms with Crippen LogP contribution >= 0.6 is 0 Å². The fourth-order valence-corrected chi connectivity index (χ4v) is 2.15. The Kier molecular flexibility index (Phi) is 7.13. The van der Waals surface area contributed by atoms with Gasteiger partial charge in [-0.05, 0) is 29.2 Å². The Morgan fingerprint density at radius 3 is 2.67 bits per heavy atom. The molecule has 0 amide bonds. The standard InChI is InChI=1S/C17H17BN2O7/c1-11(22)25-6-7-26-17-12(9-19)2-5-16(20-17)27-14-3-4-15(18(23)24)13(8-14)10-21/h2-5,8,21,23-24H,6-7,10H2,1H3. The van der Waals surface area contributed by atoms with Gasteiger partial charge >= 0.3 is 13.1 Å². The van der Waals surface area contributed by atoms with Gasteiger partial charge in [-0.2, -0.15) is 10.2 Å². The van der Waals surface area contributed by atoms with Crippen molar-refractivity contribution in [3.63, 3.8) is 0 Å². The number of carbonyl (C=O) groups excluding carboxylic acids is 1. The van der Waals surface area contributed by atoms with Crippen LogP contribution in [0.5, 0.6) is 17.5 Å². The van der Waals surface area contributed by atoms with Gasteiger partial charge in [0.2, 0.25) is 11.8 Å². The lowest BCUT2D eigenvalue weighted by Crippen LogP contribution is -2.32. The Morgan fingerprint density at radius 2 is 2.04 bits per heavy atom. The van der Waals surface area contributed by atoms with Gasteiger partial charge in [0, 0.05) is 13.0 Å². The number of pyridine rings is 1. The fourth-order valence-electron chi connectivity index (χ4n) is 2.15. The number of aromatic nitrogens is 1.